The van der Waals surface area contributed by atoms with E-state index in [2.05, 4.69) is 11.9 Å². The first kappa shape index (κ1) is 18.5. The SMILES string of the molecule is Cc1ccc(Oc2ncccc2N(C)S(=O)(=O)c2ccccc2)c2c1CCC2. The minimum Gasteiger partial charge on any atom is -0.437 e. The highest BCUT2D eigenvalue weighted by Gasteiger charge is 2.25. The monoisotopic (exact) mass is 394 g/mol. The average molecular weight is 394 g/mol. The summed E-state index contributed by atoms with van der Waals surface area (Å²) in [5.74, 6) is 1.03. The first-order valence-electron chi connectivity index (χ1n) is 9.26. The molecule has 0 bridgehead atoms. The van der Waals surface area contributed by atoms with Crippen molar-refractivity contribution in [2.45, 2.75) is 31.1 Å². The Morgan fingerprint density at radius 1 is 0.964 bits per heavy atom. The minimum atomic E-state index is -3.71. The molecule has 1 aliphatic carbocycles. The van der Waals surface area contributed by atoms with Gasteiger partial charge in [0.1, 0.15) is 11.4 Å². The van der Waals surface area contributed by atoms with Crippen LogP contribution < -0.4 is 9.04 Å². The number of hydrogen-bond acceptors (Lipinski definition) is 4. The van der Waals surface area contributed by atoms with Crippen LogP contribution >= 0.6 is 0 Å². The molecule has 0 fully saturated rings. The minimum absolute atomic E-state index is 0.225. The van der Waals surface area contributed by atoms with Crippen LogP contribution in [-0.4, -0.2) is 20.4 Å². The second kappa shape index (κ2) is 7.28. The van der Waals surface area contributed by atoms with Gasteiger partial charge in [0.25, 0.3) is 10.0 Å². The Kier molecular flexibility index (Phi) is 4.81. The van der Waals surface area contributed by atoms with Crippen LogP contribution in [0.5, 0.6) is 11.6 Å². The summed E-state index contributed by atoms with van der Waals surface area (Å²) < 4.78 is 33.4. The molecule has 0 spiro atoms. The number of rotatable bonds is 5. The van der Waals surface area contributed by atoms with Gasteiger partial charge < -0.3 is 4.74 Å². The lowest BCUT2D eigenvalue weighted by atomic mass is 10.0. The zero-order chi connectivity index (χ0) is 19.7. The molecule has 4 rings (SSSR count). The van der Waals surface area contributed by atoms with E-state index in [0.29, 0.717) is 5.69 Å². The molecule has 0 saturated heterocycles. The van der Waals surface area contributed by atoms with Gasteiger partial charge in [-0.05, 0) is 73.2 Å². The van der Waals surface area contributed by atoms with Gasteiger partial charge in [-0.25, -0.2) is 13.4 Å². The Labute approximate surface area is 165 Å². The summed E-state index contributed by atoms with van der Waals surface area (Å²) in [6, 6.07) is 15.8. The molecule has 0 amide bonds. The number of sulfonamides is 1. The molecule has 0 aliphatic heterocycles. The lowest BCUT2D eigenvalue weighted by Crippen LogP contribution is -2.27. The van der Waals surface area contributed by atoms with Crippen molar-refractivity contribution in [1.82, 2.24) is 4.98 Å². The zero-order valence-corrected chi connectivity index (χ0v) is 16.7. The quantitative estimate of drug-likeness (QED) is 0.639. The van der Waals surface area contributed by atoms with Gasteiger partial charge in [0.2, 0.25) is 5.88 Å². The van der Waals surface area contributed by atoms with Crippen molar-refractivity contribution in [3.05, 3.63) is 77.5 Å². The van der Waals surface area contributed by atoms with Gasteiger partial charge in [0.15, 0.2) is 0 Å². The van der Waals surface area contributed by atoms with Crippen LogP contribution in [0.15, 0.2) is 65.7 Å². The van der Waals surface area contributed by atoms with E-state index in [1.165, 1.54) is 28.0 Å². The van der Waals surface area contributed by atoms with Gasteiger partial charge in [0, 0.05) is 13.2 Å². The highest BCUT2D eigenvalue weighted by Crippen LogP contribution is 2.38. The second-order valence-corrected chi connectivity index (χ2v) is 8.88. The van der Waals surface area contributed by atoms with E-state index in [4.69, 9.17) is 4.74 Å². The van der Waals surface area contributed by atoms with E-state index in [-0.39, 0.29) is 10.8 Å². The molecule has 1 aliphatic rings. The van der Waals surface area contributed by atoms with Crippen molar-refractivity contribution < 1.29 is 13.2 Å². The van der Waals surface area contributed by atoms with Crippen LogP contribution in [0.4, 0.5) is 5.69 Å². The van der Waals surface area contributed by atoms with E-state index in [1.807, 2.05) is 12.1 Å². The third kappa shape index (κ3) is 3.24. The van der Waals surface area contributed by atoms with Gasteiger partial charge in [-0.15, -0.1) is 0 Å². The normalized spacial score (nSPS) is 13.2. The number of pyridine rings is 1. The molecule has 0 N–H and O–H groups in total. The van der Waals surface area contributed by atoms with Crippen LogP contribution in [0.2, 0.25) is 0 Å². The molecular weight excluding hydrogens is 372 g/mol. The number of anilines is 1. The van der Waals surface area contributed by atoms with Crippen molar-refractivity contribution in [1.29, 1.82) is 0 Å². The first-order chi connectivity index (χ1) is 13.5. The fourth-order valence-corrected chi connectivity index (χ4v) is 4.85. The largest absolute Gasteiger partial charge is 0.437 e. The molecule has 0 radical (unpaired) electrons. The lowest BCUT2D eigenvalue weighted by molar-refractivity contribution is 0.458. The number of fused-ring (bicyclic) bond motifs is 1. The molecule has 6 heteroatoms. The van der Waals surface area contributed by atoms with E-state index in [0.717, 1.165) is 25.0 Å². The van der Waals surface area contributed by atoms with Crippen LogP contribution in [0.1, 0.15) is 23.1 Å². The number of aryl methyl sites for hydroxylation is 1. The molecule has 0 unspecified atom stereocenters. The second-order valence-electron chi connectivity index (χ2n) is 6.91. The fourth-order valence-electron chi connectivity index (χ4n) is 3.63. The Balaban J connectivity index is 1.72. The fraction of sp³-hybridized carbons (Fsp3) is 0.227. The van der Waals surface area contributed by atoms with E-state index < -0.39 is 10.0 Å². The highest BCUT2D eigenvalue weighted by atomic mass is 32.2. The molecule has 144 valence electrons. The van der Waals surface area contributed by atoms with E-state index in [1.54, 1.807) is 48.7 Å². The molecule has 0 atom stereocenters. The number of hydrogen-bond donors (Lipinski definition) is 0. The highest BCUT2D eigenvalue weighted by molar-refractivity contribution is 7.92. The molecule has 0 saturated carbocycles. The summed E-state index contributed by atoms with van der Waals surface area (Å²) in [4.78, 5) is 4.55. The van der Waals surface area contributed by atoms with Crippen molar-refractivity contribution in [2.75, 3.05) is 11.4 Å². The molecule has 5 nitrogen and oxygen atoms in total. The molecule has 1 aromatic heterocycles. The smallest absolute Gasteiger partial charge is 0.264 e. The van der Waals surface area contributed by atoms with Crippen LogP contribution in [0, 0.1) is 6.92 Å². The Morgan fingerprint density at radius 3 is 2.50 bits per heavy atom. The van der Waals surface area contributed by atoms with Gasteiger partial charge in [0.05, 0.1) is 4.90 Å². The van der Waals surface area contributed by atoms with E-state index in [9.17, 15) is 8.42 Å². The average Bonchev–Trinajstić information content (AvgIpc) is 3.22. The first-order valence-corrected chi connectivity index (χ1v) is 10.7. The maximum atomic E-state index is 13.0. The number of benzene rings is 2. The van der Waals surface area contributed by atoms with Gasteiger partial charge >= 0.3 is 0 Å². The van der Waals surface area contributed by atoms with Crippen LogP contribution in [-0.2, 0) is 22.9 Å². The predicted octanol–water partition coefficient (Wildman–Crippen LogP) is 4.50. The topological polar surface area (TPSA) is 59.5 Å². The Hall–Kier alpha value is -2.86. The van der Waals surface area contributed by atoms with Crippen molar-refractivity contribution in [3.8, 4) is 11.6 Å². The van der Waals surface area contributed by atoms with Gasteiger partial charge in [-0.2, -0.15) is 0 Å². The molecular formula is C22H22N2O3S. The van der Waals surface area contributed by atoms with Crippen molar-refractivity contribution in [2.24, 2.45) is 0 Å². The summed E-state index contributed by atoms with van der Waals surface area (Å²) in [6.07, 6.45) is 4.73. The summed E-state index contributed by atoms with van der Waals surface area (Å²) in [7, 11) is -2.19. The summed E-state index contributed by atoms with van der Waals surface area (Å²) in [5, 5.41) is 0. The van der Waals surface area contributed by atoms with Crippen molar-refractivity contribution in [3.63, 3.8) is 0 Å². The maximum Gasteiger partial charge on any atom is 0.264 e. The molecule has 3 aromatic rings. The van der Waals surface area contributed by atoms with Crippen molar-refractivity contribution >= 4 is 15.7 Å². The molecule has 2 aromatic carbocycles. The van der Waals surface area contributed by atoms with Crippen LogP contribution in [0.25, 0.3) is 0 Å². The summed E-state index contributed by atoms with van der Waals surface area (Å²) >= 11 is 0. The molecule has 1 heterocycles. The Bertz CT molecular complexity index is 1110. The number of ether oxygens (including phenoxy) is 1. The number of nitrogens with zero attached hydrogens (tertiary/aromatic N) is 2. The van der Waals surface area contributed by atoms with Gasteiger partial charge in [-0.1, -0.05) is 24.3 Å². The summed E-state index contributed by atoms with van der Waals surface area (Å²) in [5.41, 5.74) is 4.20. The third-order valence-corrected chi connectivity index (χ3v) is 6.96. The third-order valence-electron chi connectivity index (χ3n) is 5.17. The summed E-state index contributed by atoms with van der Waals surface area (Å²) in [6.45, 7) is 2.11. The molecule has 28 heavy (non-hydrogen) atoms. The maximum absolute atomic E-state index is 13.0. The van der Waals surface area contributed by atoms with Gasteiger partial charge in [-0.3, -0.25) is 4.31 Å². The predicted molar refractivity (Wildman–Crippen MR) is 110 cm³/mol. The zero-order valence-electron chi connectivity index (χ0n) is 15.9. The standard InChI is InChI=1S/C22H22N2O3S/c1-16-13-14-21(19-11-6-10-18(16)19)27-22-20(12-7-15-23-22)24(2)28(25,26)17-8-4-3-5-9-17/h3-5,7-9,12-15H,6,10-11H2,1-2H3. The lowest BCUT2D eigenvalue weighted by Gasteiger charge is -2.22. The number of aromatic nitrogens is 1. The van der Waals surface area contributed by atoms with Crippen LogP contribution in [0.3, 0.4) is 0 Å². The van der Waals surface area contributed by atoms with E-state index >= 15 is 0 Å². The Morgan fingerprint density at radius 2 is 1.71 bits per heavy atom.